The van der Waals surface area contributed by atoms with E-state index in [9.17, 15) is 22.8 Å². The van der Waals surface area contributed by atoms with Crippen molar-refractivity contribution in [2.24, 2.45) is 0 Å². The maximum absolute atomic E-state index is 12.7. The van der Waals surface area contributed by atoms with Crippen LogP contribution in [0.2, 0.25) is 0 Å². The van der Waals surface area contributed by atoms with Gasteiger partial charge in [-0.05, 0) is 54.3 Å². The minimum Gasteiger partial charge on any atom is -0.405 e. The van der Waals surface area contributed by atoms with Gasteiger partial charge in [0.25, 0.3) is 5.24 Å². The molecule has 0 atom stereocenters. The Bertz CT molecular complexity index is 813. The van der Waals surface area contributed by atoms with Crippen LogP contribution in [0, 0.1) is 13.8 Å². The van der Waals surface area contributed by atoms with Crippen molar-refractivity contribution in [1.29, 1.82) is 0 Å². The van der Waals surface area contributed by atoms with Gasteiger partial charge in [-0.25, -0.2) is 0 Å². The summed E-state index contributed by atoms with van der Waals surface area (Å²) < 4.78 is 42.1. The fraction of sp³-hybridized carbons (Fsp3) is 0.176. The van der Waals surface area contributed by atoms with E-state index in [4.69, 9.17) is 11.6 Å². The SMILES string of the molecule is Cc1cc(C)c(-c2cccc(C(=O)C(=O)Cl)c2)c(OC(F)(F)F)c1. The molecule has 0 saturated carbocycles. The molecule has 0 fully saturated rings. The van der Waals surface area contributed by atoms with Gasteiger partial charge in [-0.3, -0.25) is 9.59 Å². The minimum absolute atomic E-state index is 0.00886. The van der Waals surface area contributed by atoms with Gasteiger partial charge in [0.05, 0.1) is 0 Å². The first-order chi connectivity index (χ1) is 11.1. The predicted octanol–water partition coefficient (Wildman–Crippen LogP) is 4.82. The highest BCUT2D eigenvalue weighted by atomic mass is 35.5. The second kappa shape index (κ2) is 6.65. The van der Waals surface area contributed by atoms with E-state index in [1.807, 2.05) is 0 Å². The number of Topliss-reactive ketones (excluding diaryl/α,β-unsaturated/α-hetero) is 1. The highest BCUT2D eigenvalue weighted by Gasteiger charge is 2.32. The third-order valence-electron chi connectivity index (χ3n) is 3.26. The van der Waals surface area contributed by atoms with E-state index in [1.165, 1.54) is 30.3 Å². The molecular formula is C17H12ClF3O3. The molecule has 0 spiro atoms. The van der Waals surface area contributed by atoms with Gasteiger partial charge in [-0.15, -0.1) is 13.2 Å². The monoisotopic (exact) mass is 356 g/mol. The number of ether oxygens (including phenoxy) is 1. The number of aryl methyl sites for hydroxylation is 2. The third kappa shape index (κ3) is 4.14. The summed E-state index contributed by atoms with van der Waals surface area (Å²) in [5, 5.41) is -1.17. The van der Waals surface area contributed by atoms with Crippen molar-refractivity contribution in [2.75, 3.05) is 0 Å². The van der Waals surface area contributed by atoms with Crippen LogP contribution in [-0.4, -0.2) is 17.4 Å². The Hall–Kier alpha value is -2.34. The van der Waals surface area contributed by atoms with Gasteiger partial charge in [0, 0.05) is 11.1 Å². The summed E-state index contributed by atoms with van der Waals surface area (Å²) >= 11 is 5.17. The lowest BCUT2D eigenvalue weighted by Crippen LogP contribution is -2.18. The van der Waals surface area contributed by atoms with E-state index >= 15 is 0 Å². The summed E-state index contributed by atoms with van der Waals surface area (Å²) in [6.45, 7) is 3.28. The Morgan fingerprint density at radius 2 is 1.75 bits per heavy atom. The summed E-state index contributed by atoms with van der Waals surface area (Å²) in [6.07, 6.45) is -4.85. The molecule has 0 unspecified atom stereocenters. The molecule has 0 N–H and O–H groups in total. The van der Waals surface area contributed by atoms with Crippen LogP contribution < -0.4 is 4.74 Å². The van der Waals surface area contributed by atoms with E-state index in [0.717, 1.165) is 0 Å². The van der Waals surface area contributed by atoms with Crippen molar-refractivity contribution in [3.05, 3.63) is 53.1 Å². The first-order valence-corrected chi connectivity index (χ1v) is 7.18. The van der Waals surface area contributed by atoms with Gasteiger partial charge in [-0.1, -0.05) is 24.3 Å². The largest absolute Gasteiger partial charge is 0.573 e. The molecule has 0 bridgehead atoms. The van der Waals surface area contributed by atoms with Crippen LogP contribution in [0.25, 0.3) is 11.1 Å². The predicted molar refractivity (Wildman–Crippen MR) is 83.2 cm³/mol. The molecule has 24 heavy (non-hydrogen) atoms. The maximum Gasteiger partial charge on any atom is 0.573 e. The van der Waals surface area contributed by atoms with Crippen molar-refractivity contribution in [3.8, 4) is 16.9 Å². The van der Waals surface area contributed by atoms with E-state index < -0.39 is 17.4 Å². The van der Waals surface area contributed by atoms with Gasteiger partial charge in [0.15, 0.2) is 0 Å². The van der Waals surface area contributed by atoms with Crippen LogP contribution in [0.4, 0.5) is 13.2 Å². The molecule has 0 aromatic heterocycles. The number of benzene rings is 2. The van der Waals surface area contributed by atoms with Crippen molar-refractivity contribution >= 4 is 22.6 Å². The van der Waals surface area contributed by atoms with E-state index in [0.29, 0.717) is 16.7 Å². The lowest BCUT2D eigenvalue weighted by atomic mass is 9.95. The number of ketones is 1. The highest BCUT2D eigenvalue weighted by molar-refractivity contribution is 6.83. The molecule has 2 rings (SSSR count). The summed E-state index contributed by atoms with van der Waals surface area (Å²) in [7, 11) is 0. The Balaban J connectivity index is 2.62. The van der Waals surface area contributed by atoms with Crippen molar-refractivity contribution < 1.29 is 27.5 Å². The quantitative estimate of drug-likeness (QED) is 0.448. The van der Waals surface area contributed by atoms with Gasteiger partial charge in [-0.2, -0.15) is 0 Å². The van der Waals surface area contributed by atoms with Gasteiger partial charge < -0.3 is 4.74 Å². The first kappa shape index (κ1) is 18.0. The number of alkyl halides is 3. The van der Waals surface area contributed by atoms with Crippen LogP contribution >= 0.6 is 11.6 Å². The molecule has 2 aromatic rings. The molecule has 0 amide bonds. The number of carbonyl (C=O) groups is 2. The smallest absolute Gasteiger partial charge is 0.405 e. The number of hydrogen-bond donors (Lipinski definition) is 0. The lowest BCUT2D eigenvalue weighted by Gasteiger charge is -2.17. The molecule has 0 heterocycles. The highest BCUT2D eigenvalue weighted by Crippen LogP contribution is 2.37. The van der Waals surface area contributed by atoms with E-state index in [1.54, 1.807) is 19.9 Å². The summed E-state index contributed by atoms with van der Waals surface area (Å²) in [5.74, 6) is -1.30. The van der Waals surface area contributed by atoms with Crippen LogP contribution in [0.3, 0.4) is 0 Å². The molecule has 0 radical (unpaired) electrons. The molecular weight excluding hydrogens is 345 g/mol. The molecule has 126 valence electrons. The number of halogens is 4. The third-order valence-corrected chi connectivity index (χ3v) is 3.43. The van der Waals surface area contributed by atoms with Gasteiger partial charge in [0.1, 0.15) is 5.75 Å². The zero-order valence-electron chi connectivity index (χ0n) is 12.7. The fourth-order valence-corrected chi connectivity index (χ4v) is 2.54. The average Bonchev–Trinajstić information content (AvgIpc) is 2.44. The molecule has 0 aliphatic carbocycles. The Labute approximate surface area is 141 Å². The molecule has 0 aliphatic rings. The van der Waals surface area contributed by atoms with Crippen molar-refractivity contribution in [2.45, 2.75) is 20.2 Å². The fourth-order valence-electron chi connectivity index (χ4n) is 2.43. The van der Waals surface area contributed by atoms with E-state index in [2.05, 4.69) is 4.74 Å². The number of rotatable bonds is 4. The second-order valence-electron chi connectivity index (χ2n) is 5.19. The normalized spacial score (nSPS) is 11.2. The molecule has 2 aromatic carbocycles. The number of hydrogen-bond acceptors (Lipinski definition) is 3. The molecule has 0 saturated heterocycles. The Morgan fingerprint density at radius 1 is 1.08 bits per heavy atom. The summed E-state index contributed by atoms with van der Waals surface area (Å²) in [6, 6.07) is 8.61. The maximum atomic E-state index is 12.7. The second-order valence-corrected chi connectivity index (χ2v) is 5.53. The first-order valence-electron chi connectivity index (χ1n) is 6.80. The Morgan fingerprint density at radius 3 is 2.33 bits per heavy atom. The topological polar surface area (TPSA) is 43.4 Å². The minimum atomic E-state index is -4.85. The molecule has 3 nitrogen and oxygen atoms in total. The zero-order valence-corrected chi connectivity index (χ0v) is 13.5. The zero-order chi connectivity index (χ0) is 18.1. The average molecular weight is 357 g/mol. The van der Waals surface area contributed by atoms with Crippen LogP contribution in [0.15, 0.2) is 36.4 Å². The molecule has 7 heteroatoms. The Kier molecular flexibility index (Phi) is 4.99. The molecule has 0 aliphatic heterocycles. The summed E-state index contributed by atoms with van der Waals surface area (Å²) in [5.41, 5.74) is 1.63. The summed E-state index contributed by atoms with van der Waals surface area (Å²) in [4.78, 5) is 22.7. The lowest BCUT2D eigenvalue weighted by molar-refractivity contribution is -0.274. The van der Waals surface area contributed by atoms with Gasteiger partial charge in [0.2, 0.25) is 5.78 Å². The van der Waals surface area contributed by atoms with Crippen molar-refractivity contribution in [1.82, 2.24) is 0 Å². The standard InChI is InChI=1S/C17H12ClF3O3/c1-9-6-10(2)14(13(7-9)24-17(19,20)21)11-4-3-5-12(8-11)15(22)16(18)23/h3-8H,1-2H3. The van der Waals surface area contributed by atoms with E-state index in [-0.39, 0.29) is 16.9 Å². The van der Waals surface area contributed by atoms with Crippen LogP contribution in [0.5, 0.6) is 5.75 Å². The van der Waals surface area contributed by atoms with Crippen LogP contribution in [0.1, 0.15) is 21.5 Å². The van der Waals surface area contributed by atoms with Gasteiger partial charge >= 0.3 is 6.36 Å². The van der Waals surface area contributed by atoms with Crippen molar-refractivity contribution in [3.63, 3.8) is 0 Å². The number of carbonyl (C=O) groups excluding carboxylic acids is 2. The van der Waals surface area contributed by atoms with Crippen LogP contribution in [-0.2, 0) is 4.79 Å².